The van der Waals surface area contributed by atoms with Crippen molar-refractivity contribution in [3.63, 3.8) is 0 Å². The Bertz CT molecular complexity index is 856. The summed E-state index contributed by atoms with van der Waals surface area (Å²) in [6.07, 6.45) is 12.5. The van der Waals surface area contributed by atoms with Gasteiger partial charge in [-0.1, -0.05) is 48.5 Å². The van der Waals surface area contributed by atoms with Crippen LogP contribution < -0.4 is 5.48 Å². The van der Waals surface area contributed by atoms with Gasteiger partial charge in [0.15, 0.2) is 0 Å². The highest BCUT2D eigenvalue weighted by atomic mass is 16.5. The first-order valence-electron chi connectivity index (χ1n) is 14.3. The van der Waals surface area contributed by atoms with E-state index in [0.29, 0.717) is 45.3 Å². The van der Waals surface area contributed by atoms with E-state index in [1.165, 1.54) is 44.9 Å². The number of aliphatic hydroxyl groups excluding tert-OH is 1. The predicted molar refractivity (Wildman–Crippen MR) is 135 cm³/mol. The van der Waals surface area contributed by atoms with Crippen molar-refractivity contribution in [2.45, 2.75) is 125 Å². The van der Waals surface area contributed by atoms with Gasteiger partial charge in [-0.2, -0.15) is 0 Å². The number of nitrogens with one attached hydrogen (secondary N) is 1. The van der Waals surface area contributed by atoms with Gasteiger partial charge in [-0.05, 0) is 121 Å². The minimum Gasteiger partial charge on any atom is -0.393 e. The standard InChI is InChI=1S/C30H51NO3/c1-25(2)21-10-13-30(7)22(28(21,5)12-11-23(25)32)9-8-19-20-18-27(4,24(33)31-34)15-14-26(20,3)16-17-29(19,30)6/h19-23,32,34H,8-18H2,1-7H3,(H,31,33)/t19-,20-,21?,22-,23+,26-,27+,28+,29-,30-/m1/s1. The number of carbonyl (C=O) groups excluding carboxylic acids is 1. The van der Waals surface area contributed by atoms with Gasteiger partial charge < -0.3 is 5.11 Å². The summed E-state index contributed by atoms with van der Waals surface area (Å²) in [5.74, 6) is 2.34. The summed E-state index contributed by atoms with van der Waals surface area (Å²) < 4.78 is 0. The van der Waals surface area contributed by atoms with Gasteiger partial charge >= 0.3 is 0 Å². The van der Waals surface area contributed by atoms with E-state index in [-0.39, 0.29) is 17.4 Å². The fourth-order valence-electron chi connectivity index (χ4n) is 11.5. The van der Waals surface area contributed by atoms with Gasteiger partial charge in [-0.3, -0.25) is 10.0 Å². The van der Waals surface area contributed by atoms with Gasteiger partial charge in [0.1, 0.15) is 0 Å². The van der Waals surface area contributed by atoms with Crippen molar-refractivity contribution in [2.24, 2.45) is 56.2 Å². The molecule has 0 bridgehead atoms. The Hall–Kier alpha value is -0.610. The molecule has 5 saturated carbocycles. The van der Waals surface area contributed by atoms with Crippen LogP contribution in [0.4, 0.5) is 0 Å². The Morgan fingerprint density at radius 1 is 0.735 bits per heavy atom. The smallest absolute Gasteiger partial charge is 0.249 e. The highest BCUT2D eigenvalue weighted by Crippen LogP contribution is 2.76. The number of carbonyl (C=O) groups is 1. The van der Waals surface area contributed by atoms with Gasteiger partial charge in [-0.15, -0.1) is 0 Å². The van der Waals surface area contributed by atoms with Crippen LogP contribution in [-0.4, -0.2) is 22.3 Å². The lowest BCUT2D eigenvalue weighted by Gasteiger charge is -2.73. The van der Waals surface area contributed by atoms with E-state index in [9.17, 15) is 15.1 Å². The summed E-state index contributed by atoms with van der Waals surface area (Å²) in [5.41, 5.74) is 2.78. The normalized spacial score (nSPS) is 56.3. The first-order valence-corrected chi connectivity index (χ1v) is 14.3. The van der Waals surface area contributed by atoms with Gasteiger partial charge in [0.2, 0.25) is 5.91 Å². The molecule has 5 fully saturated rings. The fourth-order valence-corrected chi connectivity index (χ4v) is 11.5. The molecule has 0 spiro atoms. The quantitative estimate of drug-likeness (QED) is 0.292. The molecule has 0 aliphatic heterocycles. The lowest BCUT2D eigenvalue weighted by Crippen LogP contribution is -2.67. The highest BCUT2D eigenvalue weighted by molar-refractivity contribution is 5.81. The van der Waals surface area contributed by atoms with Crippen LogP contribution in [0, 0.1) is 56.2 Å². The van der Waals surface area contributed by atoms with Crippen LogP contribution in [-0.2, 0) is 4.79 Å². The monoisotopic (exact) mass is 473 g/mol. The van der Waals surface area contributed by atoms with Crippen LogP contribution in [0.5, 0.6) is 0 Å². The van der Waals surface area contributed by atoms with Crippen molar-refractivity contribution in [3.8, 4) is 0 Å². The molecule has 1 amide bonds. The van der Waals surface area contributed by atoms with Crippen molar-refractivity contribution in [1.29, 1.82) is 0 Å². The third-order valence-electron chi connectivity index (χ3n) is 14.1. The topological polar surface area (TPSA) is 69.6 Å². The third-order valence-corrected chi connectivity index (χ3v) is 14.1. The van der Waals surface area contributed by atoms with Crippen molar-refractivity contribution < 1.29 is 15.1 Å². The Kier molecular flexibility index (Phi) is 5.50. The largest absolute Gasteiger partial charge is 0.393 e. The number of amides is 1. The Morgan fingerprint density at radius 2 is 1.41 bits per heavy atom. The van der Waals surface area contributed by atoms with Crippen LogP contribution in [0.1, 0.15) is 119 Å². The van der Waals surface area contributed by atoms with Crippen molar-refractivity contribution in [1.82, 2.24) is 5.48 Å². The molecule has 5 aliphatic carbocycles. The molecule has 34 heavy (non-hydrogen) atoms. The lowest BCUT2D eigenvalue weighted by atomic mass is 9.31. The fraction of sp³-hybridized carbons (Fsp3) is 0.967. The molecular weight excluding hydrogens is 422 g/mol. The zero-order valence-electron chi connectivity index (χ0n) is 23.0. The molecule has 10 atom stereocenters. The molecule has 3 N–H and O–H groups in total. The molecule has 194 valence electrons. The predicted octanol–water partition coefficient (Wildman–Crippen LogP) is 6.73. The molecule has 0 heterocycles. The lowest BCUT2D eigenvalue weighted by molar-refractivity contribution is -0.253. The zero-order chi connectivity index (χ0) is 24.9. The van der Waals surface area contributed by atoms with E-state index in [4.69, 9.17) is 0 Å². The molecular formula is C30H51NO3. The minimum absolute atomic E-state index is 0.0000597. The number of hydrogen-bond donors (Lipinski definition) is 3. The summed E-state index contributed by atoms with van der Waals surface area (Å²) in [7, 11) is 0. The van der Waals surface area contributed by atoms with E-state index in [1.54, 1.807) is 0 Å². The summed E-state index contributed by atoms with van der Waals surface area (Å²) >= 11 is 0. The number of rotatable bonds is 1. The second-order valence-electron chi connectivity index (χ2n) is 15.5. The number of hydrogen-bond acceptors (Lipinski definition) is 3. The third kappa shape index (κ3) is 2.99. The zero-order valence-corrected chi connectivity index (χ0v) is 23.0. The van der Waals surface area contributed by atoms with Gasteiger partial charge in [0.25, 0.3) is 0 Å². The second-order valence-corrected chi connectivity index (χ2v) is 15.5. The maximum Gasteiger partial charge on any atom is 0.249 e. The Labute approximate surface area is 208 Å². The molecule has 5 rings (SSSR count). The molecule has 0 saturated heterocycles. The number of fused-ring (bicyclic) bond motifs is 7. The van der Waals surface area contributed by atoms with Crippen LogP contribution >= 0.6 is 0 Å². The van der Waals surface area contributed by atoms with Gasteiger partial charge in [-0.25, -0.2) is 5.48 Å². The van der Waals surface area contributed by atoms with Crippen LogP contribution in [0.25, 0.3) is 0 Å². The molecule has 1 unspecified atom stereocenters. The molecule has 0 aromatic carbocycles. The average molecular weight is 474 g/mol. The maximum atomic E-state index is 12.7. The molecule has 0 aromatic heterocycles. The van der Waals surface area contributed by atoms with Crippen molar-refractivity contribution >= 4 is 5.91 Å². The van der Waals surface area contributed by atoms with E-state index < -0.39 is 5.41 Å². The molecule has 4 heteroatoms. The van der Waals surface area contributed by atoms with E-state index >= 15 is 0 Å². The van der Waals surface area contributed by atoms with Crippen LogP contribution in [0.2, 0.25) is 0 Å². The highest BCUT2D eigenvalue weighted by Gasteiger charge is 2.69. The summed E-state index contributed by atoms with van der Waals surface area (Å²) in [4.78, 5) is 12.7. The summed E-state index contributed by atoms with van der Waals surface area (Å²) in [6.45, 7) is 17.1. The number of hydroxylamine groups is 1. The summed E-state index contributed by atoms with van der Waals surface area (Å²) in [6, 6.07) is 0. The maximum absolute atomic E-state index is 12.7. The molecule has 5 aliphatic rings. The van der Waals surface area contributed by atoms with Crippen LogP contribution in [0.3, 0.4) is 0 Å². The first kappa shape index (κ1) is 25.1. The van der Waals surface area contributed by atoms with Gasteiger partial charge in [0.05, 0.1) is 6.10 Å². The molecule has 0 aromatic rings. The minimum atomic E-state index is -0.456. The van der Waals surface area contributed by atoms with E-state index in [2.05, 4.69) is 48.5 Å². The van der Waals surface area contributed by atoms with E-state index in [0.717, 1.165) is 25.7 Å². The second kappa shape index (κ2) is 7.46. The number of aliphatic hydroxyl groups is 1. The summed E-state index contributed by atoms with van der Waals surface area (Å²) in [5, 5.41) is 20.4. The first-order chi connectivity index (χ1) is 15.7. The SMILES string of the molecule is CC1(C)C2CC[C@]3(C)[C@H](CC[C@@H]4[C@H]5C[C@@](C)(C(=O)NO)CC[C@]5(C)CC[C@]43C)[C@@]2(C)CC[C@@H]1O. The molecule has 4 nitrogen and oxygen atoms in total. The van der Waals surface area contributed by atoms with Crippen molar-refractivity contribution in [2.75, 3.05) is 0 Å². The van der Waals surface area contributed by atoms with E-state index in [1.807, 2.05) is 5.48 Å². The molecule has 0 radical (unpaired) electrons. The van der Waals surface area contributed by atoms with Crippen LogP contribution in [0.15, 0.2) is 0 Å². The Morgan fingerprint density at radius 3 is 2.09 bits per heavy atom. The Balaban J connectivity index is 1.51. The van der Waals surface area contributed by atoms with Gasteiger partial charge in [0, 0.05) is 5.41 Å². The van der Waals surface area contributed by atoms with Crippen molar-refractivity contribution in [3.05, 3.63) is 0 Å². The average Bonchev–Trinajstić information content (AvgIpc) is 2.77.